The predicted molar refractivity (Wildman–Crippen MR) is 53.8 cm³/mol. The van der Waals surface area contributed by atoms with Crippen molar-refractivity contribution in [1.82, 2.24) is 5.32 Å². The van der Waals surface area contributed by atoms with E-state index in [9.17, 15) is 8.42 Å². The van der Waals surface area contributed by atoms with Gasteiger partial charge in [0.05, 0.1) is 17.6 Å². The molecule has 82 valence electrons. The lowest BCUT2D eigenvalue weighted by Crippen LogP contribution is -2.51. The van der Waals surface area contributed by atoms with Crippen molar-refractivity contribution in [3.05, 3.63) is 0 Å². The molecule has 0 spiro atoms. The van der Waals surface area contributed by atoms with Gasteiger partial charge in [-0.1, -0.05) is 0 Å². The lowest BCUT2D eigenvalue weighted by Gasteiger charge is -2.36. The summed E-state index contributed by atoms with van der Waals surface area (Å²) in [6.45, 7) is 0. The van der Waals surface area contributed by atoms with Crippen LogP contribution >= 0.6 is 0 Å². The first-order valence-corrected chi connectivity index (χ1v) is 7.02. The number of sulfone groups is 1. The molecule has 2 fully saturated rings. The van der Waals surface area contributed by atoms with Gasteiger partial charge >= 0.3 is 0 Å². The Hall–Kier alpha value is -0.130. The fourth-order valence-electron chi connectivity index (χ4n) is 2.21. The van der Waals surface area contributed by atoms with Crippen molar-refractivity contribution in [2.75, 3.05) is 11.5 Å². The number of rotatable bonds is 2. The van der Waals surface area contributed by atoms with Crippen molar-refractivity contribution in [2.24, 2.45) is 0 Å². The Balaban J connectivity index is 1.81. The number of aliphatic hydroxyl groups excluding tert-OH is 1. The number of nitrogens with one attached hydrogen (secondary N) is 1. The van der Waals surface area contributed by atoms with Gasteiger partial charge in [0.1, 0.15) is 0 Å². The van der Waals surface area contributed by atoms with E-state index in [2.05, 4.69) is 5.32 Å². The maximum Gasteiger partial charge on any atom is 0.151 e. The van der Waals surface area contributed by atoms with E-state index >= 15 is 0 Å². The van der Waals surface area contributed by atoms with Crippen molar-refractivity contribution in [2.45, 2.75) is 43.9 Å². The molecule has 2 rings (SSSR count). The largest absolute Gasteiger partial charge is 0.393 e. The summed E-state index contributed by atoms with van der Waals surface area (Å²) in [6.07, 6.45) is 3.10. The monoisotopic (exact) mass is 219 g/mol. The van der Waals surface area contributed by atoms with E-state index in [4.69, 9.17) is 5.11 Å². The van der Waals surface area contributed by atoms with E-state index in [1.807, 2.05) is 0 Å². The van der Waals surface area contributed by atoms with Gasteiger partial charge in [-0.05, 0) is 25.7 Å². The topological polar surface area (TPSA) is 66.4 Å². The smallest absolute Gasteiger partial charge is 0.151 e. The van der Waals surface area contributed by atoms with Crippen LogP contribution in [0.3, 0.4) is 0 Å². The number of aliphatic hydroxyl groups is 1. The molecule has 5 heteroatoms. The molecular formula is C9H17NO3S. The zero-order chi connectivity index (χ0) is 10.2. The van der Waals surface area contributed by atoms with Gasteiger partial charge < -0.3 is 10.4 Å². The molecule has 2 N–H and O–H groups in total. The van der Waals surface area contributed by atoms with E-state index in [1.165, 1.54) is 0 Å². The Morgan fingerprint density at radius 3 is 2.50 bits per heavy atom. The average Bonchev–Trinajstić information content (AvgIpc) is 1.99. The lowest BCUT2D eigenvalue weighted by molar-refractivity contribution is 0.0582. The number of hydrogen-bond donors (Lipinski definition) is 2. The molecule has 4 nitrogen and oxygen atoms in total. The lowest BCUT2D eigenvalue weighted by atomic mass is 9.89. The first-order chi connectivity index (χ1) is 6.55. The van der Waals surface area contributed by atoms with E-state index in [-0.39, 0.29) is 17.9 Å². The van der Waals surface area contributed by atoms with Crippen molar-refractivity contribution in [3.8, 4) is 0 Å². The molecule has 1 saturated heterocycles. The van der Waals surface area contributed by atoms with Crippen LogP contribution in [0.25, 0.3) is 0 Å². The molecule has 1 aliphatic heterocycles. The van der Waals surface area contributed by atoms with Crippen LogP contribution in [0.4, 0.5) is 0 Å². The highest BCUT2D eigenvalue weighted by atomic mass is 32.2. The first kappa shape index (κ1) is 10.4. The predicted octanol–water partition coefficient (Wildman–Crippen LogP) is -0.324. The molecule has 1 aliphatic carbocycles. The van der Waals surface area contributed by atoms with Crippen LogP contribution in [0.2, 0.25) is 0 Å². The third-order valence-electron chi connectivity index (χ3n) is 3.05. The van der Waals surface area contributed by atoms with Gasteiger partial charge in [-0.25, -0.2) is 8.42 Å². The van der Waals surface area contributed by atoms with Gasteiger partial charge in [-0.2, -0.15) is 0 Å². The third-order valence-corrected chi connectivity index (χ3v) is 4.87. The Labute approximate surface area is 84.6 Å². The summed E-state index contributed by atoms with van der Waals surface area (Å²) in [6, 6.07) is 0.453. The molecule has 1 unspecified atom stereocenters. The highest BCUT2D eigenvalue weighted by Gasteiger charge is 2.32. The highest BCUT2D eigenvalue weighted by molar-refractivity contribution is 7.91. The van der Waals surface area contributed by atoms with Crippen LogP contribution in [0.1, 0.15) is 25.7 Å². The van der Waals surface area contributed by atoms with Crippen LogP contribution in [-0.2, 0) is 9.84 Å². The van der Waals surface area contributed by atoms with Crippen LogP contribution in [0.5, 0.6) is 0 Å². The molecule has 1 heterocycles. The van der Waals surface area contributed by atoms with Gasteiger partial charge in [0.2, 0.25) is 0 Å². The average molecular weight is 219 g/mol. The maximum atomic E-state index is 11.3. The summed E-state index contributed by atoms with van der Waals surface area (Å²) in [5.74, 6) is 0.623. The second-order valence-electron chi connectivity index (χ2n) is 4.44. The van der Waals surface area contributed by atoms with Crippen molar-refractivity contribution in [1.29, 1.82) is 0 Å². The van der Waals surface area contributed by atoms with Crippen LogP contribution < -0.4 is 5.32 Å². The van der Waals surface area contributed by atoms with Crippen molar-refractivity contribution >= 4 is 9.84 Å². The van der Waals surface area contributed by atoms with E-state index in [0.717, 1.165) is 25.7 Å². The molecule has 1 saturated carbocycles. The summed E-state index contributed by atoms with van der Waals surface area (Å²) < 4.78 is 22.6. The van der Waals surface area contributed by atoms with Gasteiger partial charge in [-0.15, -0.1) is 0 Å². The summed E-state index contributed by atoms with van der Waals surface area (Å²) in [4.78, 5) is 0. The fourth-order valence-corrected chi connectivity index (χ4v) is 3.86. The van der Waals surface area contributed by atoms with Gasteiger partial charge in [0.15, 0.2) is 9.84 Å². The molecule has 0 amide bonds. The van der Waals surface area contributed by atoms with Gasteiger partial charge in [0.25, 0.3) is 0 Å². The Bertz CT molecular complexity index is 295. The van der Waals surface area contributed by atoms with Crippen LogP contribution in [-0.4, -0.2) is 43.2 Å². The van der Waals surface area contributed by atoms with Crippen molar-refractivity contribution < 1.29 is 13.5 Å². The zero-order valence-electron chi connectivity index (χ0n) is 8.15. The Kier molecular flexibility index (Phi) is 2.81. The van der Waals surface area contributed by atoms with Gasteiger partial charge in [-0.3, -0.25) is 0 Å². The first-order valence-electron chi connectivity index (χ1n) is 5.20. The summed E-state index contributed by atoms with van der Waals surface area (Å²) in [5.41, 5.74) is 0. The Morgan fingerprint density at radius 2 is 1.93 bits per heavy atom. The normalized spacial score (nSPS) is 41.6. The summed E-state index contributed by atoms with van der Waals surface area (Å²) >= 11 is 0. The molecule has 14 heavy (non-hydrogen) atoms. The molecule has 0 aromatic carbocycles. The standard InChI is InChI=1S/C9H17NO3S/c11-9-4-8(5-9)10-7-2-1-3-14(12,13)6-7/h7-11H,1-6H2. The van der Waals surface area contributed by atoms with E-state index in [0.29, 0.717) is 11.8 Å². The fraction of sp³-hybridized carbons (Fsp3) is 1.00. The SMILES string of the molecule is O=S1(=O)CCCC(NC2CC(O)C2)C1. The second kappa shape index (κ2) is 3.79. The zero-order valence-corrected chi connectivity index (χ0v) is 8.96. The maximum absolute atomic E-state index is 11.3. The van der Waals surface area contributed by atoms with Crippen LogP contribution in [0, 0.1) is 0 Å². The minimum absolute atomic E-state index is 0.117. The van der Waals surface area contributed by atoms with Gasteiger partial charge in [0, 0.05) is 12.1 Å². The molecule has 0 aromatic heterocycles. The highest BCUT2D eigenvalue weighted by Crippen LogP contribution is 2.22. The minimum Gasteiger partial charge on any atom is -0.393 e. The van der Waals surface area contributed by atoms with Crippen molar-refractivity contribution in [3.63, 3.8) is 0 Å². The van der Waals surface area contributed by atoms with E-state index in [1.54, 1.807) is 0 Å². The Morgan fingerprint density at radius 1 is 1.21 bits per heavy atom. The third kappa shape index (κ3) is 2.46. The molecule has 1 atom stereocenters. The molecule has 2 aliphatic rings. The molecule has 0 radical (unpaired) electrons. The quantitative estimate of drug-likeness (QED) is 0.668. The summed E-state index contributed by atoms with van der Waals surface area (Å²) in [7, 11) is -2.80. The summed E-state index contributed by atoms with van der Waals surface area (Å²) in [5, 5.41) is 12.4. The number of hydrogen-bond acceptors (Lipinski definition) is 4. The molecule has 0 aromatic rings. The molecular weight excluding hydrogens is 202 g/mol. The molecule has 0 bridgehead atoms. The van der Waals surface area contributed by atoms with Crippen LogP contribution in [0.15, 0.2) is 0 Å². The second-order valence-corrected chi connectivity index (χ2v) is 6.67. The van der Waals surface area contributed by atoms with E-state index < -0.39 is 9.84 Å². The minimum atomic E-state index is -2.80.